The smallest absolute Gasteiger partial charge is 0.427 e. The first-order valence-electron chi connectivity index (χ1n) is 1.51. The van der Waals surface area contributed by atoms with E-state index < -0.39 is 6.09 Å². The Balaban J connectivity index is 3.17. The van der Waals surface area contributed by atoms with Gasteiger partial charge in [0.25, 0.3) is 0 Å². The summed E-state index contributed by atoms with van der Waals surface area (Å²) >= 11 is 0. The van der Waals surface area contributed by atoms with E-state index >= 15 is 0 Å². The van der Waals surface area contributed by atoms with Gasteiger partial charge in [0.1, 0.15) is 6.72 Å². The van der Waals surface area contributed by atoms with Gasteiger partial charge in [0.2, 0.25) is 0 Å². The molecule has 4 nitrogen and oxygen atoms in total. The second-order valence-electron chi connectivity index (χ2n) is 0.715. The van der Waals surface area contributed by atoms with Crippen LogP contribution in [0, 0.1) is 0 Å². The summed E-state index contributed by atoms with van der Waals surface area (Å²) in [6.07, 6.45) is -0.727. The first kappa shape index (κ1) is 5.94. The zero-order valence-electron chi connectivity index (χ0n) is 3.76. The zero-order valence-corrected chi connectivity index (χ0v) is 3.76. The third-order valence-electron chi connectivity index (χ3n) is 0.333. The minimum absolute atomic E-state index is 0.727. The van der Waals surface area contributed by atoms with Gasteiger partial charge in [0, 0.05) is 0 Å². The van der Waals surface area contributed by atoms with Crippen molar-refractivity contribution in [1.82, 2.24) is 5.43 Å². The number of nitrogens with one attached hydrogen (secondary N) is 1. The maximum absolute atomic E-state index is 9.86. The van der Waals surface area contributed by atoms with Crippen LogP contribution in [0.4, 0.5) is 4.79 Å². The van der Waals surface area contributed by atoms with E-state index in [9.17, 15) is 4.79 Å². The van der Waals surface area contributed by atoms with Crippen molar-refractivity contribution in [3.05, 3.63) is 0 Å². The van der Waals surface area contributed by atoms with Crippen LogP contribution in [0.3, 0.4) is 0 Å². The summed E-state index contributed by atoms with van der Waals surface area (Å²) < 4.78 is 4.03. The standard InChI is InChI=1S/C3H4N2O2/c1-4-5-3(6)7-2/h2H3,(H,5,6). The number of rotatable bonds is 1. The molecule has 0 fully saturated rings. The normalized spacial score (nSPS) is 7.00. The molecule has 0 aromatic rings. The van der Waals surface area contributed by atoms with Gasteiger partial charge in [-0.15, -0.1) is 0 Å². The van der Waals surface area contributed by atoms with Crippen molar-refractivity contribution >= 4 is 12.8 Å². The highest BCUT2D eigenvalue weighted by Crippen LogP contribution is 1.65. The van der Waals surface area contributed by atoms with Crippen molar-refractivity contribution in [3.8, 4) is 0 Å². The van der Waals surface area contributed by atoms with Crippen molar-refractivity contribution < 1.29 is 9.53 Å². The SMILES string of the molecule is [C]=NNC(=O)OC. The van der Waals surface area contributed by atoms with E-state index in [-0.39, 0.29) is 0 Å². The van der Waals surface area contributed by atoms with Crippen molar-refractivity contribution in [3.63, 3.8) is 0 Å². The van der Waals surface area contributed by atoms with Gasteiger partial charge < -0.3 is 4.74 Å². The predicted octanol–water partition coefficient (Wildman–Crippen LogP) is -0.288. The van der Waals surface area contributed by atoms with Crippen molar-refractivity contribution in [2.45, 2.75) is 0 Å². The summed E-state index contributed by atoms with van der Waals surface area (Å²) in [5, 5.41) is 2.53. The Morgan fingerprint density at radius 1 is 2.00 bits per heavy atom. The third kappa shape index (κ3) is 2.75. The van der Waals surface area contributed by atoms with E-state index in [4.69, 9.17) is 6.72 Å². The van der Waals surface area contributed by atoms with Crippen molar-refractivity contribution in [1.29, 1.82) is 0 Å². The average molecular weight is 100 g/mol. The molecule has 0 atom stereocenters. The highest BCUT2D eigenvalue weighted by atomic mass is 16.5. The second-order valence-corrected chi connectivity index (χ2v) is 0.715. The lowest BCUT2D eigenvalue weighted by Gasteiger charge is -1.90. The van der Waals surface area contributed by atoms with E-state index in [0.717, 1.165) is 0 Å². The van der Waals surface area contributed by atoms with E-state index in [2.05, 4.69) is 9.84 Å². The fraction of sp³-hybridized carbons (Fsp3) is 0.333. The molecule has 1 amide bonds. The Labute approximate surface area is 41.2 Å². The van der Waals surface area contributed by atoms with Crippen LogP contribution in [-0.4, -0.2) is 19.9 Å². The van der Waals surface area contributed by atoms with E-state index in [1.807, 2.05) is 0 Å². The molecule has 1 N–H and O–H groups in total. The summed E-state index contributed by atoms with van der Waals surface area (Å²) in [5.41, 5.74) is 1.73. The number of carbonyl (C=O) groups excluding carboxylic acids is 1. The molecule has 0 rings (SSSR count). The largest absolute Gasteiger partial charge is 0.452 e. The van der Waals surface area contributed by atoms with E-state index in [1.165, 1.54) is 7.11 Å². The maximum Gasteiger partial charge on any atom is 0.427 e. The Hall–Kier alpha value is -1.06. The molecule has 0 bridgehead atoms. The molecule has 0 saturated heterocycles. The van der Waals surface area contributed by atoms with Crippen LogP contribution in [0.25, 0.3) is 0 Å². The van der Waals surface area contributed by atoms with Gasteiger partial charge in [0.05, 0.1) is 7.11 Å². The fourth-order valence-electron chi connectivity index (χ4n) is 0.0913. The van der Waals surface area contributed by atoms with Crippen LogP contribution in [0.2, 0.25) is 0 Å². The van der Waals surface area contributed by atoms with Crippen molar-refractivity contribution in [2.24, 2.45) is 5.10 Å². The first-order valence-corrected chi connectivity index (χ1v) is 1.51. The molecule has 7 heavy (non-hydrogen) atoms. The Morgan fingerprint density at radius 2 is 2.57 bits per heavy atom. The molecule has 0 spiro atoms. The highest BCUT2D eigenvalue weighted by molar-refractivity contribution is 5.66. The lowest BCUT2D eigenvalue weighted by Crippen LogP contribution is -2.15. The van der Waals surface area contributed by atoms with Crippen LogP contribution in [-0.2, 0) is 4.74 Å². The topological polar surface area (TPSA) is 50.7 Å². The number of ether oxygens (including phenoxy) is 1. The molecular weight excluding hydrogens is 96.0 g/mol. The van der Waals surface area contributed by atoms with Crippen LogP contribution in [0.5, 0.6) is 0 Å². The molecule has 4 heteroatoms. The number of nitrogens with zero attached hydrogens (tertiary/aromatic N) is 1. The highest BCUT2D eigenvalue weighted by Gasteiger charge is 1.88. The summed E-state index contributed by atoms with van der Waals surface area (Å²) in [4.78, 5) is 9.86. The Morgan fingerprint density at radius 3 is 2.71 bits per heavy atom. The van der Waals surface area contributed by atoms with Gasteiger partial charge in [-0.2, -0.15) is 5.10 Å². The molecule has 0 aliphatic carbocycles. The molecule has 0 aliphatic rings. The molecule has 0 aromatic carbocycles. The number of hydrazone groups is 1. The summed E-state index contributed by atoms with van der Waals surface area (Å²) in [6.45, 7) is 6.05. The van der Waals surface area contributed by atoms with Gasteiger partial charge in [-0.3, -0.25) is 0 Å². The molecule has 0 saturated carbocycles. The lowest BCUT2D eigenvalue weighted by atomic mass is 11.2. The quantitative estimate of drug-likeness (QED) is 0.363. The number of hydrogen-bond acceptors (Lipinski definition) is 3. The number of methoxy groups -OCH3 is 1. The zero-order chi connectivity index (χ0) is 5.70. The minimum Gasteiger partial charge on any atom is -0.452 e. The fourth-order valence-corrected chi connectivity index (χ4v) is 0.0913. The van der Waals surface area contributed by atoms with E-state index in [0.29, 0.717) is 0 Å². The number of carbonyl (C=O) groups is 1. The molecular formula is C3H4N2O2. The monoisotopic (exact) mass is 100 g/mol. The summed E-state index contributed by atoms with van der Waals surface area (Å²) in [7, 11) is 1.19. The van der Waals surface area contributed by atoms with Gasteiger partial charge in [0.15, 0.2) is 0 Å². The van der Waals surface area contributed by atoms with E-state index in [1.54, 1.807) is 5.43 Å². The average Bonchev–Trinajstić information content (AvgIpc) is 1.68. The molecule has 0 aromatic heterocycles. The van der Waals surface area contributed by atoms with Crippen LogP contribution in [0.1, 0.15) is 0 Å². The van der Waals surface area contributed by atoms with Gasteiger partial charge in [-0.1, -0.05) is 0 Å². The summed E-state index contributed by atoms with van der Waals surface area (Å²) in [5.74, 6) is 0. The Bertz CT molecular complexity index is 81.0. The van der Waals surface area contributed by atoms with Crippen LogP contribution < -0.4 is 5.43 Å². The molecule has 0 aliphatic heterocycles. The predicted molar refractivity (Wildman–Crippen MR) is 23.0 cm³/mol. The second kappa shape index (κ2) is 3.14. The molecule has 2 radical (unpaired) electrons. The molecule has 0 unspecified atom stereocenters. The molecule has 38 valence electrons. The first-order chi connectivity index (χ1) is 3.31. The van der Waals surface area contributed by atoms with Gasteiger partial charge >= 0.3 is 6.09 Å². The number of amides is 1. The minimum atomic E-state index is -0.727. The Kier molecular flexibility index (Phi) is 2.67. The lowest BCUT2D eigenvalue weighted by molar-refractivity contribution is 0.171. The van der Waals surface area contributed by atoms with Crippen LogP contribution >= 0.6 is 0 Å². The third-order valence-corrected chi connectivity index (χ3v) is 0.333. The summed E-state index contributed by atoms with van der Waals surface area (Å²) in [6, 6.07) is 0. The van der Waals surface area contributed by atoms with Gasteiger partial charge in [-0.25, -0.2) is 10.2 Å². The maximum atomic E-state index is 9.86. The number of hydrogen-bond donors (Lipinski definition) is 1. The van der Waals surface area contributed by atoms with Crippen molar-refractivity contribution in [2.75, 3.05) is 7.11 Å². The van der Waals surface area contributed by atoms with Crippen LogP contribution in [0.15, 0.2) is 5.10 Å². The molecule has 0 heterocycles. The van der Waals surface area contributed by atoms with Gasteiger partial charge in [-0.05, 0) is 0 Å².